The minimum atomic E-state index is -1.30. The lowest BCUT2D eigenvalue weighted by molar-refractivity contribution is 0.127. The minimum Gasteiger partial charge on any atom is -0.508 e. The van der Waals surface area contributed by atoms with Gasteiger partial charge in [-0.1, -0.05) is 109 Å². The molecule has 5 aromatic carbocycles. The van der Waals surface area contributed by atoms with Crippen LogP contribution in [0.3, 0.4) is 0 Å². The molecule has 0 unspecified atom stereocenters. The van der Waals surface area contributed by atoms with E-state index in [2.05, 4.69) is 18.2 Å². The second-order valence-electron chi connectivity index (χ2n) is 7.70. The van der Waals surface area contributed by atoms with Crippen LogP contribution < -0.4 is 0 Å². The molecule has 2 heteroatoms. The van der Waals surface area contributed by atoms with E-state index >= 15 is 0 Å². The van der Waals surface area contributed by atoms with Crippen molar-refractivity contribution in [2.75, 3.05) is 0 Å². The average Bonchev–Trinajstić information content (AvgIpc) is 2.84. The zero-order chi connectivity index (χ0) is 21.3. The molecule has 5 rings (SSSR count). The van der Waals surface area contributed by atoms with E-state index in [1.54, 1.807) is 12.1 Å². The van der Waals surface area contributed by atoms with Crippen molar-refractivity contribution in [3.63, 3.8) is 0 Å². The van der Waals surface area contributed by atoms with Crippen LogP contribution in [0.2, 0.25) is 0 Å². The van der Waals surface area contributed by atoms with Crippen LogP contribution in [0.4, 0.5) is 0 Å². The van der Waals surface area contributed by atoms with Crippen LogP contribution >= 0.6 is 0 Å². The molecule has 0 aromatic heterocycles. The third-order valence-electron chi connectivity index (χ3n) is 5.88. The van der Waals surface area contributed by atoms with E-state index in [1.807, 2.05) is 91.0 Å². The van der Waals surface area contributed by atoms with Gasteiger partial charge in [-0.15, -0.1) is 0 Å². The molecule has 0 aliphatic heterocycles. The summed E-state index contributed by atoms with van der Waals surface area (Å²) < 4.78 is 0. The number of hydrogen-bond acceptors (Lipinski definition) is 2. The molecule has 2 N–H and O–H groups in total. The van der Waals surface area contributed by atoms with Crippen molar-refractivity contribution in [1.82, 2.24) is 0 Å². The first-order valence-electron chi connectivity index (χ1n) is 10.3. The number of phenolic OH excluding ortho intramolecular Hbond substituents is 1. The Balaban J connectivity index is 1.81. The summed E-state index contributed by atoms with van der Waals surface area (Å²) in [6.07, 6.45) is 0. The number of fused-ring (bicyclic) bond motifs is 1. The summed E-state index contributed by atoms with van der Waals surface area (Å²) in [6.45, 7) is 0. The fraction of sp³-hybridized carbons (Fsp3) is 0.0345. The Morgan fingerprint density at radius 2 is 1.00 bits per heavy atom. The zero-order valence-corrected chi connectivity index (χ0v) is 16.9. The molecule has 0 bridgehead atoms. The van der Waals surface area contributed by atoms with E-state index < -0.39 is 5.60 Å². The van der Waals surface area contributed by atoms with Crippen molar-refractivity contribution in [1.29, 1.82) is 0 Å². The number of rotatable bonds is 4. The molecule has 0 fully saturated rings. The number of aliphatic hydroxyl groups is 1. The van der Waals surface area contributed by atoms with Gasteiger partial charge in [-0.2, -0.15) is 0 Å². The zero-order valence-electron chi connectivity index (χ0n) is 16.9. The first kappa shape index (κ1) is 19.1. The largest absolute Gasteiger partial charge is 0.508 e. The topological polar surface area (TPSA) is 40.5 Å². The summed E-state index contributed by atoms with van der Waals surface area (Å²) in [5, 5.41) is 24.0. The molecule has 0 aliphatic rings. The molecule has 0 atom stereocenters. The Morgan fingerprint density at radius 3 is 1.58 bits per heavy atom. The summed E-state index contributed by atoms with van der Waals surface area (Å²) in [5.74, 6) is 0.243. The highest BCUT2D eigenvalue weighted by Crippen LogP contribution is 2.42. The Kier molecular flexibility index (Phi) is 4.78. The summed E-state index contributed by atoms with van der Waals surface area (Å²) in [5.41, 5.74) is 3.26. The normalized spacial score (nSPS) is 11.5. The molecule has 0 saturated heterocycles. The number of aromatic hydroxyl groups is 1. The van der Waals surface area contributed by atoms with E-state index in [-0.39, 0.29) is 5.75 Å². The molecule has 31 heavy (non-hydrogen) atoms. The lowest BCUT2D eigenvalue weighted by atomic mass is 9.77. The monoisotopic (exact) mass is 402 g/mol. The molecule has 5 aromatic rings. The van der Waals surface area contributed by atoms with E-state index in [1.165, 1.54) is 0 Å². The summed E-state index contributed by atoms with van der Waals surface area (Å²) in [4.78, 5) is 0. The highest BCUT2D eigenvalue weighted by Gasteiger charge is 2.35. The van der Waals surface area contributed by atoms with Gasteiger partial charge in [0.2, 0.25) is 0 Å². The van der Waals surface area contributed by atoms with Gasteiger partial charge in [0.05, 0.1) is 0 Å². The molecular formula is C29H22O2. The molecular weight excluding hydrogens is 380 g/mol. The molecule has 0 spiro atoms. The second kappa shape index (κ2) is 7.75. The van der Waals surface area contributed by atoms with Crippen molar-refractivity contribution in [3.8, 4) is 16.9 Å². The highest BCUT2D eigenvalue weighted by molar-refractivity contribution is 5.99. The van der Waals surface area contributed by atoms with Gasteiger partial charge >= 0.3 is 0 Å². The smallest absolute Gasteiger partial charge is 0.141 e. The number of benzene rings is 5. The first-order valence-corrected chi connectivity index (χ1v) is 10.3. The fourth-order valence-electron chi connectivity index (χ4n) is 4.34. The molecule has 0 amide bonds. The van der Waals surface area contributed by atoms with Gasteiger partial charge in [0, 0.05) is 5.56 Å². The molecule has 0 heterocycles. The molecule has 0 saturated carbocycles. The Hall–Kier alpha value is -3.88. The maximum atomic E-state index is 12.3. The van der Waals surface area contributed by atoms with Crippen LogP contribution in [0.1, 0.15) is 16.7 Å². The highest BCUT2D eigenvalue weighted by atomic mass is 16.3. The van der Waals surface area contributed by atoms with Crippen LogP contribution in [0.5, 0.6) is 5.75 Å². The molecule has 2 nitrogen and oxygen atoms in total. The van der Waals surface area contributed by atoms with E-state index in [9.17, 15) is 10.2 Å². The van der Waals surface area contributed by atoms with Crippen LogP contribution in [0, 0.1) is 0 Å². The summed E-state index contributed by atoms with van der Waals surface area (Å²) in [7, 11) is 0. The van der Waals surface area contributed by atoms with Gasteiger partial charge in [0.15, 0.2) is 0 Å². The van der Waals surface area contributed by atoms with Gasteiger partial charge in [-0.3, -0.25) is 0 Å². The average molecular weight is 402 g/mol. The van der Waals surface area contributed by atoms with Gasteiger partial charge in [0.1, 0.15) is 11.4 Å². The van der Waals surface area contributed by atoms with Crippen molar-refractivity contribution in [3.05, 3.63) is 138 Å². The third-order valence-corrected chi connectivity index (χ3v) is 5.88. The lowest BCUT2D eigenvalue weighted by Crippen LogP contribution is -2.29. The fourth-order valence-corrected chi connectivity index (χ4v) is 4.34. The molecule has 0 radical (unpaired) electrons. The SMILES string of the molecule is Oc1ccc(-c2ccc(C(O)(c3ccccc3)c3ccccc3)c3ccccc23)cc1. The van der Waals surface area contributed by atoms with E-state index in [0.717, 1.165) is 38.6 Å². The lowest BCUT2D eigenvalue weighted by Gasteiger charge is -2.31. The number of hydrogen-bond donors (Lipinski definition) is 2. The second-order valence-corrected chi connectivity index (χ2v) is 7.70. The van der Waals surface area contributed by atoms with Gasteiger partial charge in [-0.25, -0.2) is 0 Å². The van der Waals surface area contributed by atoms with Crippen molar-refractivity contribution < 1.29 is 10.2 Å². The van der Waals surface area contributed by atoms with Crippen LogP contribution in [0.25, 0.3) is 21.9 Å². The number of phenols is 1. The molecule has 150 valence electrons. The Labute approximate surface area is 181 Å². The van der Waals surface area contributed by atoms with Gasteiger partial charge in [-0.05, 0) is 45.2 Å². The van der Waals surface area contributed by atoms with Crippen LogP contribution in [-0.2, 0) is 5.60 Å². The predicted octanol–water partition coefficient (Wildman–Crippen LogP) is 6.50. The van der Waals surface area contributed by atoms with Crippen molar-refractivity contribution in [2.45, 2.75) is 5.60 Å². The summed E-state index contributed by atoms with van der Waals surface area (Å²) in [6, 6.07) is 39.1. The van der Waals surface area contributed by atoms with E-state index in [0.29, 0.717) is 0 Å². The standard InChI is InChI=1S/C29H22O2/c30-24-17-15-21(16-18-24)25-19-20-28(27-14-8-7-13-26(25)27)29(31,22-9-3-1-4-10-22)23-11-5-2-6-12-23/h1-20,30-31H. The quantitative estimate of drug-likeness (QED) is 0.337. The van der Waals surface area contributed by atoms with Gasteiger partial charge < -0.3 is 10.2 Å². The predicted molar refractivity (Wildman–Crippen MR) is 126 cm³/mol. The van der Waals surface area contributed by atoms with Crippen molar-refractivity contribution >= 4 is 10.8 Å². The maximum absolute atomic E-state index is 12.3. The summed E-state index contributed by atoms with van der Waals surface area (Å²) >= 11 is 0. The Morgan fingerprint density at radius 1 is 0.484 bits per heavy atom. The third kappa shape index (κ3) is 3.27. The Bertz CT molecular complexity index is 1280. The van der Waals surface area contributed by atoms with Gasteiger partial charge in [0.25, 0.3) is 0 Å². The van der Waals surface area contributed by atoms with E-state index in [4.69, 9.17) is 0 Å². The van der Waals surface area contributed by atoms with Crippen LogP contribution in [-0.4, -0.2) is 10.2 Å². The molecule has 0 aliphatic carbocycles. The van der Waals surface area contributed by atoms with Crippen LogP contribution in [0.15, 0.2) is 121 Å². The maximum Gasteiger partial charge on any atom is 0.141 e. The van der Waals surface area contributed by atoms with Crippen molar-refractivity contribution in [2.24, 2.45) is 0 Å². The minimum absolute atomic E-state index is 0.243. The first-order chi connectivity index (χ1) is 15.2.